The van der Waals surface area contributed by atoms with Crippen molar-refractivity contribution in [2.24, 2.45) is 0 Å². The molecule has 1 saturated heterocycles. The molecular formula is C22H27Cl2N3O4S. The maximum Gasteiger partial charge on any atom is 0.240 e. The molecule has 2 aromatic carbocycles. The molecule has 0 aliphatic carbocycles. The standard InChI is InChI=1S/C22H27Cl2N3O4S/c1-2-26-32(29,30)19-5-3-4-16(10-19)12-22(28)25-13-18-15-27(8-9-31-18)14-17-6-7-20(23)21(24)11-17/h3-7,10-11,18,26H,2,8-9,12-15H2,1H3,(H,25,28)/t18-/m0/s1. The van der Waals surface area contributed by atoms with Gasteiger partial charge in [-0.3, -0.25) is 9.69 Å². The van der Waals surface area contributed by atoms with Gasteiger partial charge in [-0.25, -0.2) is 13.1 Å². The molecule has 1 atom stereocenters. The molecule has 0 spiro atoms. The van der Waals surface area contributed by atoms with E-state index in [9.17, 15) is 13.2 Å². The summed E-state index contributed by atoms with van der Waals surface area (Å²) in [5.41, 5.74) is 1.70. The van der Waals surface area contributed by atoms with Gasteiger partial charge in [-0.05, 0) is 35.4 Å². The SMILES string of the molecule is CCNS(=O)(=O)c1cccc(CC(=O)NC[C@H]2CN(Cc3ccc(Cl)c(Cl)c3)CCO2)c1. The van der Waals surface area contributed by atoms with Gasteiger partial charge in [-0.1, -0.05) is 48.3 Å². The zero-order valence-corrected chi connectivity index (χ0v) is 20.1. The molecule has 0 radical (unpaired) electrons. The fourth-order valence-electron chi connectivity index (χ4n) is 3.52. The van der Waals surface area contributed by atoms with E-state index in [1.807, 2.05) is 12.1 Å². The number of hydrogen-bond donors (Lipinski definition) is 2. The van der Waals surface area contributed by atoms with Crippen LogP contribution in [0.1, 0.15) is 18.1 Å². The van der Waals surface area contributed by atoms with Gasteiger partial charge in [0.1, 0.15) is 0 Å². The van der Waals surface area contributed by atoms with Crippen molar-refractivity contribution in [2.45, 2.75) is 30.9 Å². The Morgan fingerprint density at radius 1 is 1.16 bits per heavy atom. The summed E-state index contributed by atoms with van der Waals surface area (Å²) in [7, 11) is -3.56. The largest absolute Gasteiger partial charge is 0.374 e. The van der Waals surface area contributed by atoms with E-state index in [1.165, 1.54) is 12.1 Å². The minimum Gasteiger partial charge on any atom is -0.374 e. The van der Waals surface area contributed by atoms with Crippen molar-refractivity contribution in [3.8, 4) is 0 Å². The number of benzene rings is 2. The summed E-state index contributed by atoms with van der Waals surface area (Å²) in [5.74, 6) is -0.187. The van der Waals surface area contributed by atoms with Crippen LogP contribution in [0.25, 0.3) is 0 Å². The second-order valence-corrected chi connectivity index (χ2v) is 10.2. The summed E-state index contributed by atoms with van der Waals surface area (Å²) in [6.45, 7) is 5.16. The van der Waals surface area contributed by atoms with Gasteiger partial charge in [0.15, 0.2) is 0 Å². The number of rotatable bonds is 9. The summed E-state index contributed by atoms with van der Waals surface area (Å²) in [4.78, 5) is 14.8. The lowest BCUT2D eigenvalue weighted by atomic mass is 10.1. The maximum atomic E-state index is 12.4. The lowest BCUT2D eigenvalue weighted by Crippen LogP contribution is -2.47. The van der Waals surface area contributed by atoms with Crippen LogP contribution in [0.3, 0.4) is 0 Å². The van der Waals surface area contributed by atoms with E-state index >= 15 is 0 Å². The van der Waals surface area contributed by atoms with Crippen molar-refractivity contribution in [1.29, 1.82) is 0 Å². The third-order valence-electron chi connectivity index (χ3n) is 5.05. The van der Waals surface area contributed by atoms with Gasteiger partial charge in [-0.2, -0.15) is 0 Å². The van der Waals surface area contributed by atoms with E-state index in [4.69, 9.17) is 27.9 Å². The maximum absolute atomic E-state index is 12.4. The summed E-state index contributed by atoms with van der Waals surface area (Å²) in [5, 5.41) is 3.95. The third kappa shape index (κ3) is 7.16. The fourth-order valence-corrected chi connectivity index (χ4v) is 4.95. The molecule has 2 N–H and O–H groups in total. The highest BCUT2D eigenvalue weighted by Crippen LogP contribution is 2.23. The molecule has 2 aromatic rings. The summed E-state index contributed by atoms with van der Waals surface area (Å²) < 4.78 is 32.5. The molecule has 10 heteroatoms. The molecule has 1 amide bonds. The number of nitrogens with zero attached hydrogens (tertiary/aromatic N) is 1. The van der Waals surface area contributed by atoms with Gasteiger partial charge in [0.2, 0.25) is 15.9 Å². The molecule has 174 valence electrons. The van der Waals surface area contributed by atoms with Gasteiger partial charge in [0.25, 0.3) is 0 Å². The number of amides is 1. The van der Waals surface area contributed by atoms with E-state index in [-0.39, 0.29) is 23.3 Å². The Labute approximate surface area is 199 Å². The van der Waals surface area contributed by atoms with Crippen molar-refractivity contribution in [1.82, 2.24) is 14.9 Å². The van der Waals surface area contributed by atoms with Crippen molar-refractivity contribution in [3.05, 3.63) is 63.6 Å². The van der Waals surface area contributed by atoms with Gasteiger partial charge in [0.05, 0.1) is 34.1 Å². The number of morpholine rings is 1. The van der Waals surface area contributed by atoms with E-state index in [1.54, 1.807) is 25.1 Å². The highest BCUT2D eigenvalue weighted by atomic mass is 35.5. The molecule has 0 bridgehead atoms. The molecule has 1 fully saturated rings. The van der Waals surface area contributed by atoms with Crippen LogP contribution in [0.2, 0.25) is 10.0 Å². The minimum atomic E-state index is -3.56. The summed E-state index contributed by atoms with van der Waals surface area (Å²) in [6, 6.07) is 12.0. The molecule has 1 aliphatic heterocycles. The Morgan fingerprint density at radius 3 is 2.72 bits per heavy atom. The number of nitrogens with one attached hydrogen (secondary N) is 2. The van der Waals surface area contributed by atoms with Gasteiger partial charge in [-0.15, -0.1) is 0 Å². The van der Waals surface area contributed by atoms with Gasteiger partial charge >= 0.3 is 0 Å². The average molecular weight is 500 g/mol. The predicted molar refractivity (Wildman–Crippen MR) is 125 cm³/mol. The zero-order chi connectivity index (χ0) is 23.1. The van der Waals surface area contributed by atoms with Crippen LogP contribution in [-0.2, 0) is 32.5 Å². The highest BCUT2D eigenvalue weighted by molar-refractivity contribution is 7.89. The fraction of sp³-hybridized carbons (Fsp3) is 0.409. The summed E-state index contributed by atoms with van der Waals surface area (Å²) >= 11 is 12.1. The Morgan fingerprint density at radius 2 is 1.97 bits per heavy atom. The minimum absolute atomic E-state index is 0.0925. The van der Waals surface area contributed by atoms with Crippen LogP contribution in [0.4, 0.5) is 0 Å². The monoisotopic (exact) mass is 499 g/mol. The number of halogens is 2. The molecule has 0 saturated carbocycles. The molecule has 7 nitrogen and oxygen atoms in total. The zero-order valence-electron chi connectivity index (χ0n) is 17.8. The Bertz CT molecular complexity index is 1050. The van der Waals surface area contributed by atoms with Crippen LogP contribution in [0, 0.1) is 0 Å². The predicted octanol–water partition coefficient (Wildman–Crippen LogP) is 2.85. The number of hydrogen-bond acceptors (Lipinski definition) is 5. The van der Waals surface area contributed by atoms with Gasteiger partial charge in [0, 0.05) is 32.7 Å². The van der Waals surface area contributed by atoms with E-state index in [2.05, 4.69) is 14.9 Å². The molecule has 1 heterocycles. The Kier molecular flexibility index (Phi) is 8.93. The molecule has 3 rings (SSSR count). The van der Waals surface area contributed by atoms with E-state index in [0.29, 0.717) is 41.8 Å². The number of sulfonamides is 1. The second-order valence-electron chi connectivity index (χ2n) is 7.61. The highest BCUT2D eigenvalue weighted by Gasteiger charge is 2.21. The number of carbonyl (C=O) groups excluding carboxylic acids is 1. The first-order valence-corrected chi connectivity index (χ1v) is 12.6. The average Bonchev–Trinajstić information content (AvgIpc) is 2.75. The Balaban J connectivity index is 1.50. The normalized spacial score (nSPS) is 17.3. The third-order valence-corrected chi connectivity index (χ3v) is 7.33. The smallest absolute Gasteiger partial charge is 0.240 e. The number of carbonyl (C=O) groups is 1. The van der Waals surface area contributed by atoms with Crippen LogP contribution < -0.4 is 10.0 Å². The van der Waals surface area contributed by atoms with Crippen molar-refractivity contribution >= 4 is 39.1 Å². The quantitative estimate of drug-likeness (QED) is 0.553. The van der Waals surface area contributed by atoms with Crippen LogP contribution in [0.5, 0.6) is 0 Å². The van der Waals surface area contributed by atoms with E-state index < -0.39 is 10.0 Å². The van der Waals surface area contributed by atoms with Crippen molar-refractivity contribution in [2.75, 3.05) is 32.8 Å². The van der Waals surface area contributed by atoms with Crippen LogP contribution >= 0.6 is 23.2 Å². The van der Waals surface area contributed by atoms with Crippen LogP contribution in [-0.4, -0.2) is 58.1 Å². The van der Waals surface area contributed by atoms with Crippen molar-refractivity contribution < 1.29 is 17.9 Å². The first-order valence-electron chi connectivity index (χ1n) is 10.4. The first kappa shape index (κ1) is 25.0. The lowest BCUT2D eigenvalue weighted by molar-refractivity contribution is -0.121. The second kappa shape index (κ2) is 11.4. The molecule has 1 aliphatic rings. The van der Waals surface area contributed by atoms with Crippen molar-refractivity contribution in [3.63, 3.8) is 0 Å². The number of ether oxygens (including phenoxy) is 1. The first-order chi connectivity index (χ1) is 15.3. The molecule has 0 unspecified atom stereocenters. The summed E-state index contributed by atoms with van der Waals surface area (Å²) in [6.07, 6.45) is -0.0363. The Hall–Kier alpha value is -1.68. The molecule has 32 heavy (non-hydrogen) atoms. The molecular weight excluding hydrogens is 473 g/mol. The lowest BCUT2D eigenvalue weighted by Gasteiger charge is -2.33. The van der Waals surface area contributed by atoms with E-state index in [0.717, 1.165) is 18.7 Å². The topological polar surface area (TPSA) is 87.7 Å². The molecule has 0 aromatic heterocycles. The van der Waals surface area contributed by atoms with Gasteiger partial charge < -0.3 is 10.1 Å². The van der Waals surface area contributed by atoms with Crippen LogP contribution in [0.15, 0.2) is 47.4 Å².